The maximum atomic E-state index is 9.85. The van der Waals surface area contributed by atoms with E-state index >= 15 is 0 Å². The molecule has 1 rings (SSSR count). The van der Waals surface area contributed by atoms with Crippen molar-refractivity contribution in [1.29, 1.82) is 0 Å². The number of hydrogen-bond acceptors (Lipinski definition) is 4. The molecule has 0 heterocycles. The second-order valence-corrected chi connectivity index (χ2v) is 1.32. The normalized spacial score (nSPS) is 8.89. The van der Waals surface area contributed by atoms with Gasteiger partial charge in [-0.15, -0.1) is 0 Å². The minimum Gasteiger partial charge on any atom is -0.870 e. The fraction of sp³-hybridized carbons (Fsp3) is 0. The molecule has 0 aliphatic heterocycles. The second kappa shape index (κ2) is 2.21. The third-order valence-corrected chi connectivity index (χ3v) is 0.825. The predicted molar refractivity (Wildman–Crippen MR) is 20.2 cm³/mol. The summed E-state index contributed by atoms with van der Waals surface area (Å²) < 4.78 is 0. The first kappa shape index (κ1) is 8.20. The average molecular weight is 176 g/mol. The number of hydrogen-bond donors (Lipinski definition) is 0. The summed E-state index contributed by atoms with van der Waals surface area (Å²) in [5.74, 6) is -2.37. The summed E-state index contributed by atoms with van der Waals surface area (Å²) in [5.41, 5.74) is -2.37. The first-order chi connectivity index (χ1) is 3.64. The quantitative estimate of drug-likeness (QED) is 0.321. The molecule has 5 heteroatoms. The van der Waals surface area contributed by atoms with Crippen molar-refractivity contribution in [2.75, 3.05) is 0 Å². The van der Waals surface area contributed by atoms with Crippen LogP contribution in [0.1, 0.15) is 0 Å². The van der Waals surface area contributed by atoms with Gasteiger partial charge in [0.15, 0.2) is 0 Å². The summed E-state index contributed by atoms with van der Waals surface area (Å²) in [5, 5.41) is 19.7. The monoisotopic (exact) mass is 175 g/mol. The van der Waals surface area contributed by atoms with E-state index in [1.165, 1.54) is 0 Å². The van der Waals surface area contributed by atoms with Crippen LogP contribution in [0.5, 0.6) is 11.5 Å². The van der Waals surface area contributed by atoms with Gasteiger partial charge in [0.1, 0.15) is 0 Å². The van der Waals surface area contributed by atoms with Crippen molar-refractivity contribution in [2.45, 2.75) is 0 Å². The van der Waals surface area contributed by atoms with Crippen LogP contribution in [-0.2, 0) is 17.1 Å². The van der Waals surface area contributed by atoms with Crippen molar-refractivity contribution in [3.63, 3.8) is 0 Å². The smallest absolute Gasteiger partial charge is 0.870 e. The largest absolute Gasteiger partial charge is 2.00 e. The van der Waals surface area contributed by atoms with E-state index in [0.29, 0.717) is 0 Å². The first-order valence-electron chi connectivity index (χ1n) is 1.82. The molecule has 0 aliphatic carbocycles. The van der Waals surface area contributed by atoms with E-state index < -0.39 is 22.4 Å². The molecule has 1 aromatic carbocycles. The Morgan fingerprint density at radius 1 is 0.889 bits per heavy atom. The van der Waals surface area contributed by atoms with Gasteiger partial charge in [-0.05, 0) is 0 Å². The zero-order valence-corrected chi connectivity index (χ0v) is 4.88. The van der Waals surface area contributed by atoms with E-state index in [1.54, 1.807) is 0 Å². The maximum Gasteiger partial charge on any atom is 2.00 e. The molecule has 0 spiro atoms. The van der Waals surface area contributed by atoms with Crippen LogP contribution in [0.2, 0.25) is 0 Å². The van der Waals surface area contributed by atoms with E-state index in [0.717, 1.165) is 0 Å². The molecule has 0 amide bonds. The van der Waals surface area contributed by atoms with Crippen LogP contribution in [0.4, 0.5) is 0 Å². The predicted octanol–water partition coefficient (Wildman–Crippen LogP) is -2.57. The standard InChI is InChI=1S/C4H2O4.Cu/c5-1-2(6)4(8)3(1)7;/h5-6H;/q;+2/p-2. The van der Waals surface area contributed by atoms with Crippen molar-refractivity contribution >= 4 is 0 Å². The van der Waals surface area contributed by atoms with Crippen LogP contribution >= 0.6 is 0 Å². The van der Waals surface area contributed by atoms with Gasteiger partial charge in [-0.2, -0.15) is 0 Å². The number of rotatable bonds is 0. The Morgan fingerprint density at radius 3 is 1.22 bits per heavy atom. The van der Waals surface area contributed by atoms with Crippen molar-refractivity contribution in [1.82, 2.24) is 0 Å². The van der Waals surface area contributed by atoms with Crippen molar-refractivity contribution in [3.8, 4) is 11.5 Å². The van der Waals surface area contributed by atoms with Gasteiger partial charge in [0.25, 0.3) is 0 Å². The van der Waals surface area contributed by atoms with Gasteiger partial charge >= 0.3 is 17.1 Å². The van der Waals surface area contributed by atoms with Gasteiger partial charge < -0.3 is 10.2 Å². The summed E-state index contributed by atoms with van der Waals surface area (Å²) >= 11 is 0. The van der Waals surface area contributed by atoms with Gasteiger partial charge in [-0.1, -0.05) is 11.5 Å². The Morgan fingerprint density at radius 2 is 1.11 bits per heavy atom. The second-order valence-electron chi connectivity index (χ2n) is 1.32. The van der Waals surface area contributed by atoms with E-state index in [-0.39, 0.29) is 17.1 Å². The molecule has 1 aromatic rings. The summed E-state index contributed by atoms with van der Waals surface area (Å²) in [7, 11) is 0. The Labute approximate surface area is 59.9 Å². The minimum atomic E-state index is -1.19. The summed E-state index contributed by atoms with van der Waals surface area (Å²) in [6, 6.07) is 0. The molecule has 51 valence electrons. The average Bonchev–Trinajstić information content (AvgIpc) is 1.83. The van der Waals surface area contributed by atoms with Crippen LogP contribution in [0.15, 0.2) is 9.59 Å². The Hall–Kier alpha value is -0.801. The molecule has 9 heavy (non-hydrogen) atoms. The first-order valence-corrected chi connectivity index (χ1v) is 1.82. The molecule has 0 bridgehead atoms. The summed E-state index contributed by atoms with van der Waals surface area (Å²) in [6.45, 7) is 0. The van der Waals surface area contributed by atoms with Crippen molar-refractivity contribution in [2.24, 2.45) is 0 Å². The third kappa shape index (κ3) is 0.842. The SMILES string of the molecule is O=c1c([O-])c([O-])c1=O.[Cu+2]. The van der Waals surface area contributed by atoms with Crippen LogP contribution in [0.25, 0.3) is 0 Å². The van der Waals surface area contributed by atoms with Gasteiger partial charge in [0.2, 0.25) is 10.9 Å². The maximum absolute atomic E-state index is 9.85. The van der Waals surface area contributed by atoms with Crippen molar-refractivity contribution < 1.29 is 27.3 Å². The Kier molecular flexibility index (Phi) is 2.01. The molecule has 0 N–H and O–H groups in total. The molecular formula is C4CuO4. The van der Waals surface area contributed by atoms with Crippen molar-refractivity contribution in [3.05, 3.63) is 20.4 Å². The molecule has 0 fully saturated rings. The summed E-state index contributed by atoms with van der Waals surface area (Å²) in [4.78, 5) is 19.7. The molecule has 0 aromatic heterocycles. The molecule has 4 nitrogen and oxygen atoms in total. The zero-order valence-electron chi connectivity index (χ0n) is 3.93. The van der Waals surface area contributed by atoms with Crippen LogP contribution in [0.3, 0.4) is 0 Å². The molecule has 0 saturated carbocycles. The van der Waals surface area contributed by atoms with E-state index in [1.807, 2.05) is 0 Å². The van der Waals surface area contributed by atoms with Gasteiger partial charge in [-0.3, -0.25) is 9.59 Å². The molecule has 0 aliphatic rings. The Bertz CT molecular complexity index is 253. The molecule has 0 unspecified atom stereocenters. The van der Waals surface area contributed by atoms with Gasteiger partial charge in [0, 0.05) is 0 Å². The fourth-order valence-electron chi connectivity index (χ4n) is 0.350. The summed E-state index contributed by atoms with van der Waals surface area (Å²) in [6.07, 6.45) is 0. The van der Waals surface area contributed by atoms with Gasteiger partial charge in [0.05, 0.1) is 0 Å². The van der Waals surface area contributed by atoms with Crippen LogP contribution in [0, 0.1) is 0 Å². The van der Waals surface area contributed by atoms with E-state index in [2.05, 4.69) is 0 Å². The Balaban J connectivity index is 0.000000640. The molecule has 1 radical (unpaired) electrons. The molecule has 0 atom stereocenters. The van der Waals surface area contributed by atoms with Crippen LogP contribution in [-0.4, -0.2) is 0 Å². The topological polar surface area (TPSA) is 80.3 Å². The van der Waals surface area contributed by atoms with E-state index in [4.69, 9.17) is 0 Å². The third-order valence-electron chi connectivity index (χ3n) is 0.825. The molecular weight excluding hydrogens is 176 g/mol. The fourth-order valence-corrected chi connectivity index (χ4v) is 0.350. The minimum absolute atomic E-state index is 0. The van der Waals surface area contributed by atoms with Gasteiger partial charge in [-0.25, -0.2) is 0 Å². The van der Waals surface area contributed by atoms with Crippen LogP contribution < -0.4 is 21.1 Å². The zero-order chi connectivity index (χ0) is 6.31. The molecule has 0 saturated heterocycles. The van der Waals surface area contributed by atoms with E-state index in [9.17, 15) is 19.8 Å².